The predicted octanol–water partition coefficient (Wildman–Crippen LogP) is 6.24. The van der Waals surface area contributed by atoms with Gasteiger partial charge in [0.2, 0.25) is 0 Å². The standard InChI is InChI=1S/C27H28FN5O3/c1-6-18-12-20(8-10-25(18)36-5)32(4)21-7-9-24-23(14-21)27(31-17(3)30-24)29-15-19-13-22(33(34)35)11-16(2)26(19)28/h7-14H,6,15H2,1-5H3,(H,29,30,31). The molecule has 0 aliphatic carbocycles. The number of non-ortho nitro benzene ring substituents is 1. The van der Waals surface area contributed by atoms with Crippen LogP contribution >= 0.6 is 0 Å². The second-order valence-corrected chi connectivity index (χ2v) is 8.58. The summed E-state index contributed by atoms with van der Waals surface area (Å²) in [6, 6.07) is 14.4. The third kappa shape index (κ3) is 4.91. The van der Waals surface area contributed by atoms with Crippen LogP contribution in [0.15, 0.2) is 48.5 Å². The summed E-state index contributed by atoms with van der Waals surface area (Å²) in [6.07, 6.45) is 0.845. The number of benzene rings is 3. The molecule has 36 heavy (non-hydrogen) atoms. The van der Waals surface area contributed by atoms with Crippen LogP contribution in [-0.2, 0) is 13.0 Å². The minimum absolute atomic E-state index is 0.0400. The van der Waals surface area contributed by atoms with Crippen LogP contribution in [0.1, 0.15) is 29.4 Å². The molecule has 0 spiro atoms. The van der Waals surface area contributed by atoms with Crippen LogP contribution in [0.2, 0.25) is 0 Å². The Morgan fingerprint density at radius 3 is 2.47 bits per heavy atom. The van der Waals surface area contributed by atoms with Gasteiger partial charge in [-0.05, 0) is 67.8 Å². The molecule has 0 saturated heterocycles. The minimum Gasteiger partial charge on any atom is -0.496 e. The maximum absolute atomic E-state index is 14.7. The highest BCUT2D eigenvalue weighted by molar-refractivity contribution is 5.92. The molecule has 4 aromatic rings. The van der Waals surface area contributed by atoms with E-state index in [1.54, 1.807) is 14.0 Å². The van der Waals surface area contributed by atoms with Crippen molar-refractivity contribution in [2.24, 2.45) is 0 Å². The summed E-state index contributed by atoms with van der Waals surface area (Å²) >= 11 is 0. The molecule has 0 radical (unpaired) electrons. The molecule has 1 aromatic heterocycles. The van der Waals surface area contributed by atoms with Gasteiger partial charge in [0.15, 0.2) is 0 Å². The highest BCUT2D eigenvalue weighted by Gasteiger charge is 2.16. The lowest BCUT2D eigenvalue weighted by molar-refractivity contribution is -0.385. The highest BCUT2D eigenvalue weighted by Crippen LogP contribution is 2.32. The number of nitrogens with zero attached hydrogens (tertiary/aromatic N) is 4. The van der Waals surface area contributed by atoms with E-state index in [0.717, 1.165) is 40.0 Å². The fourth-order valence-electron chi connectivity index (χ4n) is 4.21. The molecule has 0 fully saturated rings. The Balaban J connectivity index is 1.70. The molecule has 0 aliphatic heterocycles. The molecule has 0 aliphatic rings. The summed E-state index contributed by atoms with van der Waals surface area (Å²) in [4.78, 5) is 21.8. The van der Waals surface area contributed by atoms with Crippen molar-refractivity contribution in [2.75, 3.05) is 24.4 Å². The molecule has 4 rings (SSSR count). The van der Waals surface area contributed by atoms with E-state index in [4.69, 9.17) is 4.74 Å². The van der Waals surface area contributed by atoms with Crippen molar-refractivity contribution in [1.29, 1.82) is 0 Å². The number of nitro groups is 1. The lowest BCUT2D eigenvalue weighted by atomic mass is 10.1. The summed E-state index contributed by atoms with van der Waals surface area (Å²) in [7, 11) is 3.64. The Morgan fingerprint density at radius 2 is 1.78 bits per heavy atom. The number of halogens is 1. The van der Waals surface area contributed by atoms with Crippen LogP contribution in [0, 0.1) is 29.8 Å². The van der Waals surface area contributed by atoms with E-state index < -0.39 is 10.7 Å². The van der Waals surface area contributed by atoms with Gasteiger partial charge in [0, 0.05) is 48.0 Å². The number of hydrogen-bond donors (Lipinski definition) is 1. The molecule has 0 bridgehead atoms. The summed E-state index contributed by atoms with van der Waals surface area (Å²) in [5, 5.41) is 15.2. The number of aromatic nitrogens is 2. The van der Waals surface area contributed by atoms with Gasteiger partial charge in [0.25, 0.3) is 5.69 Å². The van der Waals surface area contributed by atoms with Crippen molar-refractivity contribution in [3.05, 3.63) is 87.0 Å². The van der Waals surface area contributed by atoms with Crippen LogP contribution in [0.3, 0.4) is 0 Å². The van der Waals surface area contributed by atoms with Gasteiger partial charge in [-0.25, -0.2) is 14.4 Å². The fourth-order valence-corrected chi connectivity index (χ4v) is 4.21. The molecule has 1 heterocycles. The Morgan fingerprint density at radius 1 is 1.06 bits per heavy atom. The Bertz CT molecular complexity index is 1460. The van der Waals surface area contributed by atoms with E-state index in [1.165, 1.54) is 19.1 Å². The number of nitro benzene ring substituents is 1. The van der Waals surface area contributed by atoms with E-state index in [1.807, 2.05) is 37.4 Å². The fraction of sp³-hybridized carbons (Fsp3) is 0.259. The third-order valence-corrected chi connectivity index (χ3v) is 6.18. The zero-order valence-corrected chi connectivity index (χ0v) is 20.9. The van der Waals surface area contributed by atoms with E-state index in [9.17, 15) is 14.5 Å². The molecule has 3 aromatic carbocycles. The monoisotopic (exact) mass is 489 g/mol. The highest BCUT2D eigenvalue weighted by atomic mass is 19.1. The van der Waals surface area contributed by atoms with Gasteiger partial charge in [-0.3, -0.25) is 10.1 Å². The molecule has 0 saturated carbocycles. The Hall–Kier alpha value is -4.27. The molecule has 0 amide bonds. The van der Waals surface area contributed by atoms with Crippen molar-refractivity contribution < 1.29 is 14.1 Å². The summed E-state index contributed by atoms with van der Waals surface area (Å²) in [6.45, 7) is 5.42. The van der Waals surface area contributed by atoms with E-state index in [2.05, 4.69) is 33.2 Å². The molecule has 1 N–H and O–H groups in total. The molecule has 186 valence electrons. The lowest BCUT2D eigenvalue weighted by Crippen LogP contribution is -2.11. The first kappa shape index (κ1) is 24.8. The lowest BCUT2D eigenvalue weighted by Gasteiger charge is -2.22. The summed E-state index contributed by atoms with van der Waals surface area (Å²) < 4.78 is 20.2. The van der Waals surface area contributed by atoms with Gasteiger partial charge in [-0.15, -0.1) is 0 Å². The predicted molar refractivity (Wildman–Crippen MR) is 140 cm³/mol. The molecular weight excluding hydrogens is 461 g/mol. The molecule has 9 heteroatoms. The quantitative estimate of drug-likeness (QED) is 0.231. The Kier molecular flexibility index (Phi) is 7.00. The van der Waals surface area contributed by atoms with Crippen molar-refractivity contribution in [3.63, 3.8) is 0 Å². The molecule has 8 nitrogen and oxygen atoms in total. The number of methoxy groups -OCH3 is 1. The maximum atomic E-state index is 14.7. The van der Waals surface area contributed by atoms with E-state index in [0.29, 0.717) is 11.6 Å². The van der Waals surface area contributed by atoms with Crippen LogP contribution in [-0.4, -0.2) is 29.0 Å². The number of rotatable bonds is 8. The average molecular weight is 490 g/mol. The second-order valence-electron chi connectivity index (χ2n) is 8.58. The number of nitrogens with one attached hydrogen (secondary N) is 1. The van der Waals surface area contributed by atoms with Gasteiger partial charge in [-0.1, -0.05) is 6.92 Å². The topological polar surface area (TPSA) is 93.4 Å². The largest absolute Gasteiger partial charge is 0.496 e. The van der Waals surface area contributed by atoms with E-state index in [-0.39, 0.29) is 23.4 Å². The number of ether oxygens (including phenoxy) is 1. The van der Waals surface area contributed by atoms with Crippen molar-refractivity contribution >= 4 is 33.8 Å². The van der Waals surface area contributed by atoms with Crippen molar-refractivity contribution in [3.8, 4) is 5.75 Å². The van der Waals surface area contributed by atoms with Crippen LogP contribution in [0.4, 0.5) is 27.3 Å². The number of hydrogen-bond acceptors (Lipinski definition) is 7. The van der Waals surface area contributed by atoms with Crippen LogP contribution in [0.25, 0.3) is 10.9 Å². The summed E-state index contributed by atoms with van der Waals surface area (Å²) in [5.41, 5.74) is 4.04. The van der Waals surface area contributed by atoms with Crippen LogP contribution < -0.4 is 15.0 Å². The second kappa shape index (κ2) is 10.2. The van der Waals surface area contributed by atoms with Gasteiger partial charge in [0.05, 0.1) is 17.5 Å². The van der Waals surface area contributed by atoms with E-state index >= 15 is 0 Å². The maximum Gasteiger partial charge on any atom is 0.270 e. The molecule has 0 unspecified atom stereocenters. The average Bonchev–Trinajstić information content (AvgIpc) is 2.87. The normalized spacial score (nSPS) is 10.9. The molecule has 0 atom stereocenters. The van der Waals surface area contributed by atoms with Crippen molar-refractivity contribution in [2.45, 2.75) is 33.7 Å². The number of aryl methyl sites for hydroxylation is 3. The minimum atomic E-state index is -0.522. The number of fused-ring (bicyclic) bond motifs is 1. The Labute approximate surface area is 208 Å². The van der Waals surface area contributed by atoms with Gasteiger partial charge in [0.1, 0.15) is 23.2 Å². The first-order chi connectivity index (χ1) is 17.2. The van der Waals surface area contributed by atoms with Crippen molar-refractivity contribution in [1.82, 2.24) is 9.97 Å². The zero-order valence-electron chi connectivity index (χ0n) is 20.9. The SMILES string of the molecule is CCc1cc(N(C)c2ccc3nc(C)nc(NCc4cc([N+](=O)[O-])cc(C)c4F)c3c2)ccc1OC. The third-order valence-electron chi connectivity index (χ3n) is 6.18. The summed E-state index contributed by atoms with van der Waals surface area (Å²) in [5.74, 6) is 1.46. The number of anilines is 3. The van der Waals surface area contributed by atoms with Crippen LogP contribution in [0.5, 0.6) is 5.75 Å². The molecular formula is C27H28FN5O3. The van der Waals surface area contributed by atoms with Gasteiger partial charge in [-0.2, -0.15) is 0 Å². The van der Waals surface area contributed by atoms with Gasteiger partial charge < -0.3 is 15.0 Å². The first-order valence-corrected chi connectivity index (χ1v) is 11.6. The smallest absolute Gasteiger partial charge is 0.270 e. The first-order valence-electron chi connectivity index (χ1n) is 11.6. The van der Waals surface area contributed by atoms with Gasteiger partial charge >= 0.3 is 0 Å². The zero-order chi connectivity index (χ0) is 26.0.